The van der Waals surface area contributed by atoms with Crippen LogP contribution in [0, 0.1) is 11.3 Å². The van der Waals surface area contributed by atoms with Crippen molar-refractivity contribution in [2.24, 2.45) is 0 Å². The van der Waals surface area contributed by atoms with E-state index in [9.17, 15) is 5.11 Å². The maximum Gasteiger partial charge on any atom is 0.0934 e. The maximum atomic E-state index is 9.26. The van der Waals surface area contributed by atoms with Gasteiger partial charge in [-0.2, -0.15) is 5.26 Å². The molecule has 3 nitrogen and oxygen atoms in total. The number of nitrogens with zero attached hydrogens (tertiary/aromatic N) is 2. The van der Waals surface area contributed by atoms with Crippen LogP contribution in [0.15, 0.2) is 24.5 Å². The lowest BCUT2D eigenvalue weighted by molar-refractivity contribution is 0.183. The Labute approximate surface area is 64.9 Å². The Hall–Kier alpha value is -1.40. The molecule has 1 aromatic rings. The third kappa shape index (κ3) is 2.03. The molecule has 1 N–H and O–H groups in total. The van der Waals surface area contributed by atoms with Crippen molar-refractivity contribution in [1.29, 1.82) is 5.26 Å². The van der Waals surface area contributed by atoms with Crippen LogP contribution in [0.4, 0.5) is 0 Å². The molecular formula is C8H8N2O. The first kappa shape index (κ1) is 7.70. The third-order valence-electron chi connectivity index (χ3n) is 1.35. The van der Waals surface area contributed by atoms with Crippen molar-refractivity contribution in [3.63, 3.8) is 0 Å². The molecule has 0 aliphatic carbocycles. The zero-order valence-electron chi connectivity index (χ0n) is 5.94. The van der Waals surface area contributed by atoms with Crippen molar-refractivity contribution in [2.45, 2.75) is 12.5 Å². The third-order valence-corrected chi connectivity index (χ3v) is 1.35. The van der Waals surface area contributed by atoms with E-state index in [1.807, 2.05) is 6.07 Å². The second kappa shape index (κ2) is 3.69. The van der Waals surface area contributed by atoms with Gasteiger partial charge in [-0.15, -0.1) is 0 Å². The minimum Gasteiger partial charge on any atom is -0.387 e. The molecule has 0 amide bonds. The van der Waals surface area contributed by atoms with Crippen LogP contribution >= 0.6 is 0 Å². The number of hydrogen-bond donors (Lipinski definition) is 1. The fourth-order valence-corrected chi connectivity index (χ4v) is 0.777. The van der Waals surface area contributed by atoms with Crippen molar-refractivity contribution < 1.29 is 5.11 Å². The summed E-state index contributed by atoms with van der Waals surface area (Å²) in [6, 6.07) is 5.37. The van der Waals surface area contributed by atoms with Gasteiger partial charge >= 0.3 is 0 Å². The Morgan fingerprint density at radius 3 is 3.09 bits per heavy atom. The summed E-state index contributed by atoms with van der Waals surface area (Å²) in [5.41, 5.74) is 0.689. The summed E-state index contributed by atoms with van der Waals surface area (Å²) in [6.07, 6.45) is 2.60. The van der Waals surface area contributed by atoms with E-state index in [2.05, 4.69) is 4.98 Å². The summed E-state index contributed by atoms with van der Waals surface area (Å²) in [6.45, 7) is 0. The Morgan fingerprint density at radius 2 is 2.55 bits per heavy atom. The van der Waals surface area contributed by atoms with E-state index in [1.54, 1.807) is 24.5 Å². The predicted octanol–water partition coefficient (Wildman–Crippen LogP) is 1.03. The molecule has 1 aromatic heterocycles. The second-order valence-electron chi connectivity index (χ2n) is 2.16. The molecule has 0 aromatic carbocycles. The normalized spacial score (nSPS) is 12.0. The second-order valence-corrected chi connectivity index (χ2v) is 2.16. The fourth-order valence-electron chi connectivity index (χ4n) is 0.777. The summed E-state index contributed by atoms with van der Waals surface area (Å²) >= 11 is 0. The summed E-state index contributed by atoms with van der Waals surface area (Å²) in [7, 11) is 0. The molecule has 3 heteroatoms. The van der Waals surface area contributed by atoms with Crippen molar-refractivity contribution in [1.82, 2.24) is 4.98 Å². The van der Waals surface area contributed by atoms with Crippen LogP contribution in [-0.2, 0) is 0 Å². The lowest BCUT2D eigenvalue weighted by atomic mass is 10.1. The Bertz CT molecular complexity index is 253. The van der Waals surface area contributed by atoms with Gasteiger partial charge in [-0.3, -0.25) is 4.98 Å². The topological polar surface area (TPSA) is 56.9 Å². The summed E-state index contributed by atoms with van der Waals surface area (Å²) in [5, 5.41) is 17.5. The quantitative estimate of drug-likeness (QED) is 0.681. The van der Waals surface area contributed by atoms with Crippen LogP contribution in [-0.4, -0.2) is 10.1 Å². The average Bonchev–Trinajstić information content (AvgIpc) is 2.07. The van der Waals surface area contributed by atoms with E-state index in [4.69, 9.17) is 5.26 Å². The molecule has 0 spiro atoms. The summed E-state index contributed by atoms with van der Waals surface area (Å²) in [4.78, 5) is 3.82. The molecule has 56 valence electrons. The Morgan fingerprint density at radius 1 is 1.73 bits per heavy atom. The molecule has 0 fully saturated rings. The molecule has 0 radical (unpaired) electrons. The van der Waals surface area contributed by atoms with E-state index < -0.39 is 6.10 Å². The van der Waals surface area contributed by atoms with Gasteiger partial charge in [0.05, 0.1) is 18.6 Å². The highest BCUT2D eigenvalue weighted by molar-refractivity contribution is 5.12. The Balaban J connectivity index is 2.70. The number of hydrogen-bond acceptors (Lipinski definition) is 3. The molecule has 0 unspecified atom stereocenters. The van der Waals surface area contributed by atoms with Crippen molar-refractivity contribution in [3.05, 3.63) is 30.1 Å². The summed E-state index contributed by atoms with van der Waals surface area (Å²) < 4.78 is 0. The molecule has 1 atom stereocenters. The average molecular weight is 148 g/mol. The Kier molecular flexibility index (Phi) is 2.59. The fraction of sp³-hybridized carbons (Fsp3) is 0.250. The molecule has 11 heavy (non-hydrogen) atoms. The number of nitriles is 1. The van der Waals surface area contributed by atoms with Crippen LogP contribution in [0.2, 0.25) is 0 Å². The summed E-state index contributed by atoms with van der Waals surface area (Å²) in [5.74, 6) is 0. The molecule has 0 saturated heterocycles. The van der Waals surface area contributed by atoms with Crippen LogP contribution in [0.5, 0.6) is 0 Å². The van der Waals surface area contributed by atoms with E-state index in [-0.39, 0.29) is 6.42 Å². The zero-order valence-corrected chi connectivity index (χ0v) is 5.94. The first-order valence-corrected chi connectivity index (χ1v) is 3.29. The monoisotopic (exact) mass is 148 g/mol. The van der Waals surface area contributed by atoms with E-state index in [0.717, 1.165) is 0 Å². The molecular weight excluding hydrogens is 140 g/mol. The molecule has 0 aliphatic rings. The largest absolute Gasteiger partial charge is 0.387 e. The van der Waals surface area contributed by atoms with Gasteiger partial charge in [0, 0.05) is 12.4 Å². The van der Waals surface area contributed by atoms with Gasteiger partial charge in [0.15, 0.2) is 0 Å². The number of aliphatic hydroxyl groups excluding tert-OH is 1. The predicted molar refractivity (Wildman–Crippen MR) is 39.4 cm³/mol. The lowest BCUT2D eigenvalue weighted by Crippen LogP contribution is -1.95. The lowest BCUT2D eigenvalue weighted by Gasteiger charge is -2.03. The van der Waals surface area contributed by atoms with Gasteiger partial charge in [-0.1, -0.05) is 6.07 Å². The van der Waals surface area contributed by atoms with Gasteiger partial charge in [0.2, 0.25) is 0 Å². The van der Waals surface area contributed by atoms with Crippen LogP contribution in [0.1, 0.15) is 18.1 Å². The SMILES string of the molecule is N#CC[C@@H](O)c1cccnc1. The van der Waals surface area contributed by atoms with Crippen molar-refractivity contribution in [3.8, 4) is 6.07 Å². The van der Waals surface area contributed by atoms with Crippen molar-refractivity contribution >= 4 is 0 Å². The highest BCUT2D eigenvalue weighted by atomic mass is 16.3. The highest BCUT2D eigenvalue weighted by Gasteiger charge is 2.04. The van der Waals surface area contributed by atoms with Gasteiger partial charge < -0.3 is 5.11 Å². The smallest absolute Gasteiger partial charge is 0.0934 e. The van der Waals surface area contributed by atoms with Gasteiger partial charge in [0.25, 0.3) is 0 Å². The van der Waals surface area contributed by atoms with Gasteiger partial charge in [-0.25, -0.2) is 0 Å². The van der Waals surface area contributed by atoms with Gasteiger partial charge in [0.1, 0.15) is 0 Å². The first-order chi connectivity index (χ1) is 5.34. The van der Waals surface area contributed by atoms with Crippen LogP contribution in [0.3, 0.4) is 0 Å². The minimum atomic E-state index is -0.700. The standard InChI is InChI=1S/C8H8N2O/c9-4-3-8(11)7-2-1-5-10-6-7/h1-2,5-6,8,11H,3H2/t8-/m1/s1. The molecule has 1 rings (SSSR count). The molecule has 0 bridgehead atoms. The highest BCUT2D eigenvalue weighted by Crippen LogP contribution is 2.13. The number of aliphatic hydroxyl groups is 1. The zero-order chi connectivity index (χ0) is 8.10. The van der Waals surface area contributed by atoms with E-state index in [1.165, 1.54) is 0 Å². The molecule has 0 saturated carbocycles. The van der Waals surface area contributed by atoms with E-state index in [0.29, 0.717) is 5.56 Å². The number of aromatic nitrogens is 1. The van der Waals surface area contributed by atoms with Gasteiger partial charge in [-0.05, 0) is 11.6 Å². The number of pyridine rings is 1. The molecule has 1 heterocycles. The maximum absolute atomic E-state index is 9.26. The van der Waals surface area contributed by atoms with Crippen LogP contribution in [0.25, 0.3) is 0 Å². The number of rotatable bonds is 2. The van der Waals surface area contributed by atoms with Crippen molar-refractivity contribution in [2.75, 3.05) is 0 Å². The van der Waals surface area contributed by atoms with Crippen LogP contribution < -0.4 is 0 Å². The van der Waals surface area contributed by atoms with E-state index >= 15 is 0 Å². The molecule has 0 aliphatic heterocycles. The minimum absolute atomic E-state index is 0.117. The first-order valence-electron chi connectivity index (χ1n) is 3.29.